The van der Waals surface area contributed by atoms with Gasteiger partial charge >= 0.3 is 0 Å². The molecule has 0 saturated heterocycles. The molecule has 0 radical (unpaired) electrons. The molecule has 3 heterocycles. The first-order chi connectivity index (χ1) is 24.5. The molecular weight excluding hydrogens is 648 g/mol. The second-order valence-electron chi connectivity index (χ2n) is 13.9. The van der Waals surface area contributed by atoms with Crippen molar-refractivity contribution in [3.8, 4) is 29.1 Å². The Morgan fingerprint density at radius 2 is 1.88 bits per heavy atom. The highest BCUT2D eigenvalue weighted by atomic mass is 16.5. The summed E-state index contributed by atoms with van der Waals surface area (Å²) in [5.74, 6) is 4.93. The maximum atomic E-state index is 13.5. The highest BCUT2D eigenvalue weighted by molar-refractivity contribution is 5.87. The molecule has 0 spiro atoms. The van der Waals surface area contributed by atoms with E-state index in [0.717, 1.165) is 53.7 Å². The molecule has 11 nitrogen and oxygen atoms in total. The van der Waals surface area contributed by atoms with Gasteiger partial charge in [-0.05, 0) is 66.0 Å². The molecule has 51 heavy (non-hydrogen) atoms. The van der Waals surface area contributed by atoms with Gasteiger partial charge in [-0.2, -0.15) is 0 Å². The number of unbranched alkanes of at least 4 members (excludes halogenated alkanes) is 2. The lowest BCUT2D eigenvalue weighted by atomic mass is 9.85. The van der Waals surface area contributed by atoms with Crippen LogP contribution in [0.5, 0.6) is 17.2 Å². The summed E-state index contributed by atoms with van der Waals surface area (Å²) in [5.41, 5.74) is 17.4. The van der Waals surface area contributed by atoms with Crippen LogP contribution >= 0.6 is 0 Å². The van der Waals surface area contributed by atoms with Crippen LogP contribution < -0.4 is 16.2 Å². The fourth-order valence-corrected chi connectivity index (χ4v) is 7.05. The Hall–Kier alpha value is -4.18. The fourth-order valence-electron chi connectivity index (χ4n) is 7.05. The number of allylic oxidation sites excluding steroid dienone is 1. The minimum Gasteiger partial charge on any atom is -0.508 e. The molecule has 0 aliphatic carbocycles. The quantitative estimate of drug-likeness (QED) is 0.0742. The van der Waals surface area contributed by atoms with E-state index in [1.54, 1.807) is 12.1 Å². The van der Waals surface area contributed by atoms with E-state index in [1.165, 1.54) is 12.1 Å². The Morgan fingerprint density at radius 1 is 1.08 bits per heavy atom. The second kappa shape index (κ2) is 17.4. The Balaban J connectivity index is 1.35. The third-order valence-corrected chi connectivity index (χ3v) is 9.99. The highest BCUT2D eigenvalue weighted by Gasteiger charge is 2.32. The number of fused-ring (bicyclic) bond motifs is 2. The van der Waals surface area contributed by atoms with Crippen LogP contribution in [0.15, 0.2) is 58.4 Å². The number of carbonyl (C=O) groups is 1. The molecule has 274 valence electrons. The second-order valence-corrected chi connectivity index (χ2v) is 13.9. The predicted octanol–water partition coefficient (Wildman–Crippen LogP) is 4.55. The first-order valence-electron chi connectivity index (χ1n) is 18.1. The van der Waals surface area contributed by atoms with E-state index in [1.807, 2.05) is 30.3 Å². The minimum atomic E-state index is -1.07. The maximum Gasteiger partial charge on any atom is 0.183 e. The van der Waals surface area contributed by atoms with Gasteiger partial charge in [0.2, 0.25) is 0 Å². The van der Waals surface area contributed by atoms with E-state index >= 15 is 0 Å². The minimum absolute atomic E-state index is 0.0651. The summed E-state index contributed by atoms with van der Waals surface area (Å²) < 4.78 is 6.38. The molecule has 11 heteroatoms. The van der Waals surface area contributed by atoms with Gasteiger partial charge in [0, 0.05) is 42.9 Å². The van der Waals surface area contributed by atoms with Gasteiger partial charge in [0.25, 0.3) is 0 Å². The number of Topliss-reactive ketones (excluding diaryl/α,β-unsaturated/α-hetero) is 1. The summed E-state index contributed by atoms with van der Waals surface area (Å²) in [6.45, 7) is 4.53. The summed E-state index contributed by atoms with van der Waals surface area (Å²) >= 11 is 0. The fraction of sp³-hybridized carbons (Fsp3) is 0.500. The number of aliphatic hydroxyl groups is 3. The number of aliphatic hydroxyl groups excluding tert-OH is 3. The number of phenolic OH excluding ortho intramolecular Hbond substituents is 2. The molecule has 2 aromatic carbocycles. The molecule has 5 unspecified atom stereocenters. The normalized spacial score (nSPS) is 19.8. The van der Waals surface area contributed by atoms with E-state index in [0.29, 0.717) is 36.9 Å². The first kappa shape index (κ1) is 38.1. The average molecular weight is 701 g/mol. The van der Waals surface area contributed by atoms with Crippen molar-refractivity contribution in [2.75, 3.05) is 6.54 Å². The van der Waals surface area contributed by atoms with Crippen LogP contribution in [0.1, 0.15) is 106 Å². The number of ketones is 1. The van der Waals surface area contributed by atoms with E-state index in [4.69, 9.17) is 16.2 Å². The van der Waals surface area contributed by atoms with Crippen molar-refractivity contribution in [2.45, 2.75) is 115 Å². The molecule has 2 aromatic rings. The van der Waals surface area contributed by atoms with Crippen LogP contribution in [0.3, 0.4) is 0 Å². The van der Waals surface area contributed by atoms with Crippen molar-refractivity contribution >= 4 is 12.0 Å². The SMILES string of the molecule is CCCCCC(C(=O)CCc1cc(OC2CC#CC(O)c3ccc(C(N)N)cc3CC3=C4CN2C=C4N=C3)c(O)cc1O)C(O)CC(O)CCC. The number of aryl methyl sites for hydroxylation is 1. The first-order valence-corrected chi connectivity index (χ1v) is 18.1. The lowest BCUT2D eigenvalue weighted by molar-refractivity contribution is -0.127. The molecule has 5 rings (SSSR count). The lowest BCUT2D eigenvalue weighted by Gasteiger charge is -2.28. The van der Waals surface area contributed by atoms with Crippen LogP contribution in [0.2, 0.25) is 0 Å². The Labute approximate surface area is 300 Å². The number of hydrogen-bond acceptors (Lipinski definition) is 11. The van der Waals surface area contributed by atoms with Crippen molar-refractivity contribution in [1.29, 1.82) is 0 Å². The zero-order valence-electron chi connectivity index (χ0n) is 29.6. The number of aromatic hydroxyl groups is 2. The molecule has 0 amide bonds. The zero-order valence-corrected chi connectivity index (χ0v) is 29.6. The van der Waals surface area contributed by atoms with Crippen LogP contribution in [0, 0.1) is 17.8 Å². The van der Waals surface area contributed by atoms with Crippen LogP contribution in [-0.4, -0.2) is 67.4 Å². The maximum absolute atomic E-state index is 13.5. The summed E-state index contributed by atoms with van der Waals surface area (Å²) in [4.78, 5) is 20.1. The monoisotopic (exact) mass is 700 g/mol. The van der Waals surface area contributed by atoms with E-state index in [2.05, 4.69) is 23.8 Å². The average Bonchev–Trinajstić information content (AvgIpc) is 3.68. The number of ether oxygens (including phenoxy) is 1. The number of rotatable bonds is 16. The van der Waals surface area contributed by atoms with Gasteiger partial charge in [0.05, 0.1) is 30.5 Å². The molecule has 0 fully saturated rings. The van der Waals surface area contributed by atoms with Gasteiger partial charge in [-0.3, -0.25) is 9.79 Å². The smallest absolute Gasteiger partial charge is 0.183 e. The van der Waals surface area contributed by atoms with Crippen molar-refractivity contribution in [3.05, 3.63) is 75.6 Å². The number of carbonyl (C=O) groups excluding carboxylic acids is 1. The molecule has 0 aromatic heterocycles. The molecule has 3 aliphatic heterocycles. The van der Waals surface area contributed by atoms with Gasteiger partial charge in [-0.1, -0.05) is 69.6 Å². The number of nitrogens with two attached hydrogens (primary N) is 2. The standard InChI is InChI=1S/C40H52N4O7/c1-3-5-6-9-30(36(49)19-28(45)8-4-2)34(47)15-13-24-18-38(37(50)20-35(24)48)51-39-11-7-10-33(46)29-14-12-25(40(41)42)16-26(29)17-27-21-43-32-23-44(39)22-31(27)32/h12,14,16,18,20-21,23,28,30,33,36,39-40,45-46,48-50H,3-6,8-9,11,13,15,17,19,22,41-42H2,1-2H3. The lowest BCUT2D eigenvalue weighted by Crippen LogP contribution is -2.35. The van der Waals surface area contributed by atoms with Gasteiger partial charge in [0.1, 0.15) is 17.6 Å². The van der Waals surface area contributed by atoms with Crippen molar-refractivity contribution in [2.24, 2.45) is 22.4 Å². The van der Waals surface area contributed by atoms with Crippen molar-refractivity contribution < 1.29 is 35.1 Å². The topological polar surface area (TPSA) is 195 Å². The summed E-state index contributed by atoms with van der Waals surface area (Å²) in [5, 5.41) is 54.0. The molecule has 9 N–H and O–H groups in total. The van der Waals surface area contributed by atoms with Crippen LogP contribution in [-0.2, 0) is 17.6 Å². The summed E-state index contributed by atoms with van der Waals surface area (Å²) in [6.07, 6.45) is 5.33. The van der Waals surface area contributed by atoms with E-state index in [9.17, 15) is 30.3 Å². The zero-order chi connectivity index (χ0) is 36.7. The third-order valence-electron chi connectivity index (χ3n) is 9.99. The van der Waals surface area contributed by atoms with Gasteiger partial charge in [0.15, 0.2) is 17.7 Å². The van der Waals surface area contributed by atoms with Gasteiger partial charge in [-0.15, -0.1) is 0 Å². The third kappa shape index (κ3) is 9.39. The number of phenols is 2. The summed E-state index contributed by atoms with van der Waals surface area (Å²) in [7, 11) is 0. The molecule has 0 saturated carbocycles. The van der Waals surface area contributed by atoms with Crippen LogP contribution in [0.25, 0.3) is 0 Å². The Bertz CT molecular complexity index is 1720. The summed E-state index contributed by atoms with van der Waals surface area (Å²) in [6, 6.07) is 8.24. The molecular formula is C40H52N4O7. The Kier molecular flexibility index (Phi) is 13.0. The highest BCUT2D eigenvalue weighted by Crippen LogP contribution is 2.38. The molecule has 5 atom stereocenters. The van der Waals surface area contributed by atoms with Gasteiger partial charge < -0.3 is 46.6 Å². The molecule has 3 aliphatic rings. The number of benzene rings is 2. The van der Waals surface area contributed by atoms with Gasteiger partial charge in [-0.25, -0.2) is 0 Å². The Morgan fingerprint density at radius 3 is 2.63 bits per heavy atom. The van der Waals surface area contributed by atoms with Crippen molar-refractivity contribution in [1.82, 2.24) is 4.90 Å². The molecule has 2 bridgehead atoms. The van der Waals surface area contributed by atoms with Crippen molar-refractivity contribution in [3.63, 3.8) is 0 Å². The largest absolute Gasteiger partial charge is 0.508 e. The van der Waals surface area contributed by atoms with E-state index < -0.39 is 36.6 Å². The van der Waals surface area contributed by atoms with Crippen LogP contribution in [0.4, 0.5) is 0 Å². The number of nitrogens with zero attached hydrogens (tertiary/aromatic N) is 2. The number of aliphatic imine (C=N–C) groups is 1. The number of hydrogen-bond donors (Lipinski definition) is 7. The predicted molar refractivity (Wildman–Crippen MR) is 196 cm³/mol. The van der Waals surface area contributed by atoms with E-state index in [-0.39, 0.29) is 48.7 Å².